The highest BCUT2D eigenvalue weighted by Gasteiger charge is 2.30. The van der Waals surface area contributed by atoms with Crippen molar-refractivity contribution in [3.05, 3.63) is 29.7 Å². The standard InChI is InChI=1S/C11H14N4O5S/c1-6-10(7(2)20-14-6)21(18,19)15-9(11(16)17)3-8-4-12-5-13-8/h4-5,9,15H,3H2,1-2H3,(H,12,13)(H,16,17). The third-order valence-electron chi connectivity index (χ3n) is 2.81. The zero-order valence-electron chi connectivity index (χ0n) is 11.3. The Hall–Kier alpha value is -2.20. The molecular weight excluding hydrogens is 300 g/mol. The van der Waals surface area contributed by atoms with E-state index in [2.05, 4.69) is 19.8 Å². The molecule has 2 heterocycles. The van der Waals surface area contributed by atoms with Gasteiger partial charge in [0.05, 0.1) is 6.33 Å². The van der Waals surface area contributed by atoms with Crippen molar-refractivity contribution < 1.29 is 22.8 Å². The molecule has 2 rings (SSSR count). The number of aryl methyl sites for hydroxylation is 2. The second-order valence-corrected chi connectivity index (χ2v) is 6.10. The van der Waals surface area contributed by atoms with E-state index >= 15 is 0 Å². The molecule has 0 aliphatic rings. The summed E-state index contributed by atoms with van der Waals surface area (Å²) >= 11 is 0. The summed E-state index contributed by atoms with van der Waals surface area (Å²) in [5.74, 6) is -1.19. The molecule has 0 spiro atoms. The Bertz CT molecular complexity index is 715. The summed E-state index contributed by atoms with van der Waals surface area (Å²) in [4.78, 5) is 17.6. The number of carboxylic acid groups (broad SMARTS) is 1. The van der Waals surface area contributed by atoms with Crippen LogP contribution in [-0.2, 0) is 21.2 Å². The molecule has 0 bridgehead atoms. The van der Waals surface area contributed by atoms with Gasteiger partial charge in [0.15, 0.2) is 5.76 Å². The second kappa shape index (κ2) is 5.66. The largest absolute Gasteiger partial charge is 0.480 e. The molecule has 0 fully saturated rings. The summed E-state index contributed by atoms with van der Waals surface area (Å²) in [7, 11) is -4.05. The first-order valence-electron chi connectivity index (χ1n) is 5.96. The van der Waals surface area contributed by atoms with E-state index in [1.54, 1.807) is 0 Å². The van der Waals surface area contributed by atoms with Crippen molar-refractivity contribution in [1.29, 1.82) is 0 Å². The summed E-state index contributed by atoms with van der Waals surface area (Å²) in [6, 6.07) is -1.33. The zero-order chi connectivity index (χ0) is 15.6. The predicted molar refractivity (Wildman–Crippen MR) is 70.0 cm³/mol. The van der Waals surface area contributed by atoms with E-state index in [1.165, 1.54) is 26.4 Å². The van der Waals surface area contributed by atoms with Crippen LogP contribution in [0.2, 0.25) is 0 Å². The van der Waals surface area contributed by atoms with Gasteiger partial charge in [0.2, 0.25) is 10.0 Å². The van der Waals surface area contributed by atoms with Crippen LogP contribution in [0.3, 0.4) is 0 Å². The molecule has 1 unspecified atom stereocenters. The number of aliphatic carboxylic acids is 1. The number of rotatable bonds is 6. The van der Waals surface area contributed by atoms with E-state index in [0.717, 1.165) is 0 Å². The number of hydrogen-bond donors (Lipinski definition) is 3. The van der Waals surface area contributed by atoms with E-state index in [-0.39, 0.29) is 22.8 Å². The van der Waals surface area contributed by atoms with E-state index in [1.807, 2.05) is 0 Å². The maximum atomic E-state index is 12.3. The maximum Gasteiger partial charge on any atom is 0.322 e. The topological polar surface area (TPSA) is 138 Å². The van der Waals surface area contributed by atoms with Crippen LogP contribution in [0.5, 0.6) is 0 Å². The number of hydrogen-bond acceptors (Lipinski definition) is 6. The number of carbonyl (C=O) groups is 1. The Morgan fingerprint density at radius 1 is 1.52 bits per heavy atom. The molecule has 9 nitrogen and oxygen atoms in total. The molecule has 114 valence electrons. The molecule has 0 saturated carbocycles. The van der Waals surface area contributed by atoms with Crippen LogP contribution in [0.25, 0.3) is 0 Å². The highest BCUT2D eigenvalue weighted by molar-refractivity contribution is 7.89. The number of aromatic nitrogens is 3. The Kier molecular flexibility index (Phi) is 4.09. The van der Waals surface area contributed by atoms with Gasteiger partial charge in [-0.25, -0.2) is 13.4 Å². The van der Waals surface area contributed by atoms with Gasteiger partial charge < -0.3 is 14.6 Å². The number of carboxylic acids is 1. The molecular formula is C11H14N4O5S. The van der Waals surface area contributed by atoms with Crippen LogP contribution in [0, 0.1) is 13.8 Å². The quantitative estimate of drug-likeness (QED) is 0.681. The van der Waals surface area contributed by atoms with Crippen molar-refractivity contribution in [1.82, 2.24) is 19.8 Å². The molecule has 21 heavy (non-hydrogen) atoms. The highest BCUT2D eigenvalue weighted by Crippen LogP contribution is 2.19. The van der Waals surface area contributed by atoms with Gasteiger partial charge in [0.1, 0.15) is 16.6 Å². The van der Waals surface area contributed by atoms with Crippen molar-refractivity contribution >= 4 is 16.0 Å². The van der Waals surface area contributed by atoms with Crippen molar-refractivity contribution in [2.24, 2.45) is 0 Å². The summed E-state index contributed by atoms with van der Waals surface area (Å²) in [5.41, 5.74) is 0.676. The Morgan fingerprint density at radius 3 is 2.71 bits per heavy atom. The summed E-state index contributed by atoms with van der Waals surface area (Å²) in [5, 5.41) is 12.7. The van der Waals surface area contributed by atoms with Gasteiger partial charge in [-0.05, 0) is 13.8 Å². The number of H-pyrrole nitrogens is 1. The number of nitrogens with zero attached hydrogens (tertiary/aromatic N) is 2. The van der Waals surface area contributed by atoms with Gasteiger partial charge in [-0.2, -0.15) is 4.72 Å². The van der Waals surface area contributed by atoms with Crippen molar-refractivity contribution in [3.8, 4) is 0 Å². The van der Waals surface area contributed by atoms with Gasteiger partial charge in [0, 0.05) is 18.3 Å². The second-order valence-electron chi connectivity index (χ2n) is 4.45. The molecule has 0 amide bonds. The zero-order valence-corrected chi connectivity index (χ0v) is 12.1. The summed E-state index contributed by atoms with van der Waals surface area (Å²) in [6.45, 7) is 2.91. The maximum absolute atomic E-state index is 12.3. The minimum Gasteiger partial charge on any atom is -0.480 e. The average Bonchev–Trinajstić information content (AvgIpc) is 2.98. The summed E-state index contributed by atoms with van der Waals surface area (Å²) < 4.78 is 31.5. The van der Waals surface area contributed by atoms with Crippen molar-refractivity contribution in [2.45, 2.75) is 31.2 Å². The lowest BCUT2D eigenvalue weighted by Crippen LogP contribution is -2.42. The lowest BCUT2D eigenvalue weighted by molar-refractivity contribution is -0.138. The van der Waals surface area contributed by atoms with E-state index < -0.39 is 22.0 Å². The number of aromatic amines is 1. The Balaban J connectivity index is 2.26. The van der Waals surface area contributed by atoms with Gasteiger partial charge in [-0.3, -0.25) is 4.79 Å². The minimum atomic E-state index is -4.05. The SMILES string of the molecule is Cc1noc(C)c1S(=O)(=O)NC(Cc1cnc[nH]1)C(=O)O. The van der Waals surface area contributed by atoms with E-state index in [0.29, 0.717) is 5.69 Å². The molecule has 1 atom stereocenters. The third-order valence-corrected chi connectivity index (χ3v) is 4.53. The average molecular weight is 314 g/mol. The van der Waals surface area contributed by atoms with Gasteiger partial charge in [0.25, 0.3) is 0 Å². The first kappa shape index (κ1) is 15.2. The lowest BCUT2D eigenvalue weighted by Gasteiger charge is -2.13. The third kappa shape index (κ3) is 3.28. The van der Waals surface area contributed by atoms with Crippen LogP contribution in [0.4, 0.5) is 0 Å². The molecule has 0 aliphatic carbocycles. The number of sulfonamides is 1. The van der Waals surface area contributed by atoms with Gasteiger partial charge >= 0.3 is 5.97 Å². The molecule has 3 N–H and O–H groups in total. The first-order valence-corrected chi connectivity index (χ1v) is 7.45. The van der Waals surface area contributed by atoms with E-state index in [9.17, 15) is 18.3 Å². The molecule has 2 aromatic heterocycles. The summed E-state index contributed by atoms with van der Waals surface area (Å²) in [6.07, 6.45) is 2.76. The fourth-order valence-corrected chi connectivity index (χ4v) is 3.42. The Morgan fingerprint density at radius 2 is 2.24 bits per heavy atom. The van der Waals surface area contributed by atoms with Gasteiger partial charge in [-0.1, -0.05) is 5.16 Å². The van der Waals surface area contributed by atoms with Crippen LogP contribution in [-0.4, -0.2) is 40.7 Å². The van der Waals surface area contributed by atoms with E-state index in [4.69, 9.17) is 4.52 Å². The molecule has 0 saturated heterocycles. The predicted octanol–water partition coefficient (Wildman–Crippen LogP) is -0.0113. The van der Waals surface area contributed by atoms with Crippen molar-refractivity contribution in [2.75, 3.05) is 0 Å². The molecule has 2 aromatic rings. The van der Waals surface area contributed by atoms with Crippen LogP contribution >= 0.6 is 0 Å². The number of nitrogens with one attached hydrogen (secondary N) is 2. The minimum absolute atomic E-state index is 0.0576. The molecule has 0 aliphatic heterocycles. The van der Waals surface area contributed by atoms with Crippen LogP contribution < -0.4 is 4.72 Å². The monoisotopic (exact) mass is 314 g/mol. The van der Waals surface area contributed by atoms with Crippen LogP contribution in [0.1, 0.15) is 17.1 Å². The molecule has 10 heteroatoms. The fraction of sp³-hybridized carbons (Fsp3) is 0.364. The Labute approximate surface area is 120 Å². The number of imidazole rings is 1. The van der Waals surface area contributed by atoms with Gasteiger partial charge in [-0.15, -0.1) is 0 Å². The first-order chi connectivity index (χ1) is 9.81. The molecule has 0 radical (unpaired) electrons. The lowest BCUT2D eigenvalue weighted by atomic mass is 10.2. The fourth-order valence-electron chi connectivity index (χ4n) is 1.90. The van der Waals surface area contributed by atoms with Crippen LogP contribution in [0.15, 0.2) is 21.9 Å². The normalized spacial score (nSPS) is 13.2. The highest BCUT2D eigenvalue weighted by atomic mass is 32.2. The molecule has 0 aromatic carbocycles. The van der Waals surface area contributed by atoms with Crippen molar-refractivity contribution in [3.63, 3.8) is 0 Å². The smallest absolute Gasteiger partial charge is 0.322 e.